The second kappa shape index (κ2) is 4.36. The molecule has 1 aliphatic rings. The monoisotopic (exact) mass is 253 g/mol. The summed E-state index contributed by atoms with van der Waals surface area (Å²) >= 11 is 5.73. The third-order valence-corrected chi connectivity index (χ3v) is 3.40. The SMILES string of the molecule is CCOC1=NS(=O)(=O)N(C(C)C)C(Cl)=N1. The van der Waals surface area contributed by atoms with Gasteiger partial charge in [-0.1, -0.05) is 4.40 Å². The summed E-state index contributed by atoms with van der Waals surface area (Å²) in [5.74, 6) is 0. The zero-order valence-corrected chi connectivity index (χ0v) is 10.2. The maximum Gasteiger partial charge on any atom is 0.351 e. The topological polar surface area (TPSA) is 71.3 Å². The summed E-state index contributed by atoms with van der Waals surface area (Å²) in [7, 11) is -3.81. The van der Waals surface area contributed by atoms with Crippen LogP contribution in [0.5, 0.6) is 0 Å². The van der Waals surface area contributed by atoms with Crippen molar-refractivity contribution in [2.45, 2.75) is 26.8 Å². The molecule has 0 aliphatic carbocycles. The number of halogens is 1. The van der Waals surface area contributed by atoms with Crippen LogP contribution in [0.25, 0.3) is 0 Å². The Balaban J connectivity index is 3.10. The molecule has 1 rings (SSSR count). The summed E-state index contributed by atoms with van der Waals surface area (Å²) in [6.45, 7) is 5.34. The van der Waals surface area contributed by atoms with Gasteiger partial charge >= 0.3 is 16.2 Å². The van der Waals surface area contributed by atoms with Crippen LogP contribution in [0.1, 0.15) is 20.8 Å². The minimum Gasteiger partial charge on any atom is -0.463 e. The van der Waals surface area contributed by atoms with Crippen molar-refractivity contribution in [3.05, 3.63) is 0 Å². The van der Waals surface area contributed by atoms with Crippen LogP contribution in [0.2, 0.25) is 0 Å². The van der Waals surface area contributed by atoms with Gasteiger partial charge in [0, 0.05) is 6.04 Å². The number of aliphatic imine (C=N–C) groups is 1. The standard InChI is InChI=1S/C7H12ClN3O3S/c1-4-14-7-9-6(8)11(5(2)3)15(12,13)10-7/h5H,4H2,1-3H3. The molecule has 0 spiro atoms. The van der Waals surface area contributed by atoms with Crippen LogP contribution >= 0.6 is 11.6 Å². The molecule has 0 radical (unpaired) electrons. The van der Waals surface area contributed by atoms with Gasteiger partial charge in [0.25, 0.3) is 0 Å². The van der Waals surface area contributed by atoms with E-state index in [-0.39, 0.29) is 24.0 Å². The van der Waals surface area contributed by atoms with Crippen LogP contribution < -0.4 is 0 Å². The molecule has 86 valence electrons. The molecule has 0 aromatic carbocycles. The fourth-order valence-corrected chi connectivity index (χ4v) is 2.73. The zero-order valence-electron chi connectivity index (χ0n) is 8.64. The van der Waals surface area contributed by atoms with Crippen LogP contribution in [0, 0.1) is 0 Å². The Morgan fingerprint density at radius 3 is 2.53 bits per heavy atom. The van der Waals surface area contributed by atoms with Gasteiger partial charge in [0.05, 0.1) is 6.61 Å². The summed E-state index contributed by atoms with van der Waals surface area (Å²) in [5, 5.41) is -0.150. The third-order valence-electron chi connectivity index (χ3n) is 1.55. The van der Waals surface area contributed by atoms with Crippen LogP contribution in [0.4, 0.5) is 0 Å². The Hall–Kier alpha value is -0.820. The normalized spacial score (nSPS) is 19.9. The van der Waals surface area contributed by atoms with Gasteiger partial charge in [-0.05, 0) is 32.4 Å². The quantitative estimate of drug-likeness (QED) is 0.688. The molecule has 0 unspecified atom stereocenters. The molecular formula is C7H12ClN3O3S. The predicted molar refractivity (Wildman–Crippen MR) is 58.2 cm³/mol. The van der Waals surface area contributed by atoms with E-state index in [1.165, 1.54) is 0 Å². The van der Waals surface area contributed by atoms with Crippen molar-refractivity contribution < 1.29 is 13.2 Å². The lowest BCUT2D eigenvalue weighted by atomic mass is 10.4. The Kier molecular flexibility index (Phi) is 3.56. The van der Waals surface area contributed by atoms with Crippen molar-refractivity contribution in [2.75, 3.05) is 6.61 Å². The first-order valence-corrected chi connectivity index (χ1v) is 6.17. The van der Waals surface area contributed by atoms with Gasteiger partial charge in [-0.3, -0.25) is 0 Å². The number of nitrogens with zero attached hydrogens (tertiary/aromatic N) is 3. The first-order chi connectivity index (χ1) is 6.88. The van der Waals surface area contributed by atoms with Crippen molar-refractivity contribution in [2.24, 2.45) is 9.39 Å². The van der Waals surface area contributed by atoms with Gasteiger partial charge in [0.1, 0.15) is 0 Å². The molecule has 0 aromatic heterocycles. The van der Waals surface area contributed by atoms with E-state index in [2.05, 4.69) is 9.39 Å². The maximum atomic E-state index is 11.6. The van der Waals surface area contributed by atoms with E-state index < -0.39 is 10.2 Å². The van der Waals surface area contributed by atoms with E-state index in [0.717, 1.165) is 4.31 Å². The summed E-state index contributed by atoms with van der Waals surface area (Å²) in [5.41, 5.74) is 0. The van der Waals surface area contributed by atoms with E-state index >= 15 is 0 Å². The summed E-state index contributed by atoms with van der Waals surface area (Å²) in [4.78, 5) is 3.73. The minimum absolute atomic E-state index is 0.150. The van der Waals surface area contributed by atoms with E-state index in [1.807, 2.05) is 0 Å². The summed E-state index contributed by atoms with van der Waals surface area (Å²) < 4.78 is 32.4. The highest BCUT2D eigenvalue weighted by Gasteiger charge is 2.32. The van der Waals surface area contributed by atoms with E-state index in [0.29, 0.717) is 0 Å². The largest absolute Gasteiger partial charge is 0.463 e. The van der Waals surface area contributed by atoms with Crippen molar-refractivity contribution in [1.82, 2.24) is 4.31 Å². The third kappa shape index (κ3) is 2.60. The molecule has 0 N–H and O–H groups in total. The number of amidine groups is 2. The van der Waals surface area contributed by atoms with Crippen LogP contribution in [-0.2, 0) is 14.9 Å². The fraction of sp³-hybridized carbons (Fsp3) is 0.714. The van der Waals surface area contributed by atoms with Crippen molar-refractivity contribution >= 4 is 33.1 Å². The second-order valence-corrected chi connectivity index (χ2v) is 4.86. The molecular weight excluding hydrogens is 242 g/mol. The Bertz CT molecular complexity index is 402. The number of hydrogen-bond acceptors (Lipinski definition) is 4. The molecule has 0 aromatic rings. The Morgan fingerprint density at radius 1 is 1.53 bits per heavy atom. The number of hydrogen-bond donors (Lipinski definition) is 0. The molecule has 0 amide bonds. The summed E-state index contributed by atoms with van der Waals surface area (Å²) in [6, 6.07) is -0.558. The molecule has 1 aliphatic heterocycles. The van der Waals surface area contributed by atoms with E-state index in [9.17, 15) is 8.42 Å². The second-order valence-electron chi connectivity index (χ2n) is 3.06. The fourth-order valence-electron chi connectivity index (χ4n) is 1.05. The molecule has 0 saturated heterocycles. The summed E-state index contributed by atoms with van der Waals surface area (Å²) in [6.07, 6.45) is 0. The molecule has 0 fully saturated rings. The van der Waals surface area contributed by atoms with Gasteiger partial charge in [-0.15, -0.1) is 0 Å². The number of ether oxygens (including phenoxy) is 1. The average Bonchev–Trinajstić information content (AvgIpc) is 1.99. The highest BCUT2D eigenvalue weighted by Crippen LogP contribution is 2.17. The van der Waals surface area contributed by atoms with Crippen molar-refractivity contribution in [3.63, 3.8) is 0 Å². The van der Waals surface area contributed by atoms with E-state index in [1.54, 1.807) is 20.8 Å². The molecule has 0 atom stereocenters. The van der Waals surface area contributed by atoms with Gasteiger partial charge in [0.2, 0.25) is 5.29 Å². The van der Waals surface area contributed by atoms with Crippen LogP contribution in [-0.4, -0.2) is 36.7 Å². The van der Waals surface area contributed by atoms with Crippen molar-refractivity contribution in [1.29, 1.82) is 0 Å². The Morgan fingerprint density at radius 2 is 2.13 bits per heavy atom. The molecule has 8 heteroatoms. The average molecular weight is 254 g/mol. The first kappa shape index (κ1) is 12.3. The zero-order chi connectivity index (χ0) is 11.6. The molecule has 15 heavy (non-hydrogen) atoms. The van der Waals surface area contributed by atoms with Gasteiger partial charge in [-0.2, -0.15) is 13.4 Å². The molecule has 0 saturated carbocycles. The Labute approximate surface area is 93.8 Å². The van der Waals surface area contributed by atoms with Gasteiger partial charge in [0.15, 0.2) is 0 Å². The lowest BCUT2D eigenvalue weighted by molar-refractivity contribution is 0.321. The smallest absolute Gasteiger partial charge is 0.351 e. The minimum atomic E-state index is -3.81. The van der Waals surface area contributed by atoms with E-state index in [4.69, 9.17) is 16.3 Å². The first-order valence-electron chi connectivity index (χ1n) is 4.39. The lowest BCUT2D eigenvalue weighted by Crippen LogP contribution is -2.41. The maximum absolute atomic E-state index is 11.6. The van der Waals surface area contributed by atoms with Crippen LogP contribution in [0.15, 0.2) is 9.39 Å². The highest BCUT2D eigenvalue weighted by atomic mass is 35.5. The van der Waals surface area contributed by atoms with Gasteiger partial charge in [-0.25, -0.2) is 4.31 Å². The molecule has 1 heterocycles. The van der Waals surface area contributed by atoms with Crippen LogP contribution in [0.3, 0.4) is 0 Å². The van der Waals surface area contributed by atoms with Crippen molar-refractivity contribution in [3.8, 4) is 0 Å². The molecule has 0 bridgehead atoms. The number of rotatable bonds is 2. The van der Waals surface area contributed by atoms with Gasteiger partial charge < -0.3 is 4.74 Å². The lowest BCUT2D eigenvalue weighted by Gasteiger charge is -2.25. The highest BCUT2D eigenvalue weighted by molar-refractivity contribution is 7.88. The molecule has 6 nitrogen and oxygen atoms in total. The predicted octanol–water partition coefficient (Wildman–Crippen LogP) is 0.943.